The number of para-hydroxylation sites is 1. The summed E-state index contributed by atoms with van der Waals surface area (Å²) >= 11 is 0. The number of fused-ring (bicyclic) bond motifs is 3. The van der Waals surface area contributed by atoms with Crippen molar-refractivity contribution in [3.8, 4) is 5.69 Å². The molecule has 0 radical (unpaired) electrons. The molecule has 1 heterocycles. The van der Waals surface area contributed by atoms with E-state index in [9.17, 15) is 0 Å². The third-order valence-electron chi connectivity index (χ3n) is 5.30. The first-order chi connectivity index (χ1) is 13.8. The van der Waals surface area contributed by atoms with Crippen molar-refractivity contribution in [2.45, 2.75) is 6.92 Å². The molecule has 0 aliphatic rings. The number of rotatable bonds is 1. The van der Waals surface area contributed by atoms with Gasteiger partial charge in [-0.15, -0.1) is 70.8 Å². The summed E-state index contributed by atoms with van der Waals surface area (Å²) in [5.41, 5.74) is 3.80. The van der Waals surface area contributed by atoms with Gasteiger partial charge in [0.05, 0.1) is 5.52 Å². The molecule has 0 N–H and O–H groups in total. The van der Waals surface area contributed by atoms with Crippen molar-refractivity contribution >= 4 is 32.4 Å². The van der Waals surface area contributed by atoms with Crippen molar-refractivity contribution in [3.05, 3.63) is 115 Å². The van der Waals surface area contributed by atoms with Gasteiger partial charge in [0.25, 0.3) is 0 Å². The van der Waals surface area contributed by atoms with E-state index in [0.29, 0.717) is 0 Å². The molecule has 1 nitrogen and oxygen atoms in total. The Balaban J connectivity index is 0.000000244. The third kappa shape index (κ3) is 4.75. The van der Waals surface area contributed by atoms with Crippen LogP contribution in [0.3, 0.4) is 0 Å². The minimum Gasteiger partial charge on any atom is -1.00 e. The second-order valence-electron chi connectivity index (χ2n) is 7.18. The maximum atomic E-state index is 2.33. The maximum Gasteiger partial charge on any atom is 4.00 e. The Morgan fingerprint density at radius 2 is 1.26 bits per heavy atom. The van der Waals surface area contributed by atoms with Gasteiger partial charge in [-0.05, 0) is 24.7 Å². The van der Waals surface area contributed by atoms with E-state index >= 15 is 0 Å². The van der Waals surface area contributed by atoms with Crippen LogP contribution in [0.1, 0.15) is 5.69 Å². The average molecular weight is 489 g/mol. The van der Waals surface area contributed by atoms with Crippen LogP contribution < -0.4 is 9.41 Å². The van der Waals surface area contributed by atoms with Gasteiger partial charge in [0.2, 0.25) is 0 Å². The zero-order valence-electron chi connectivity index (χ0n) is 17.1. The van der Waals surface area contributed by atoms with Crippen molar-refractivity contribution in [3.63, 3.8) is 0 Å². The Kier molecular flexibility index (Phi) is 8.24. The fourth-order valence-corrected chi connectivity index (χ4v) is 3.97. The molecule has 0 saturated carbocycles. The normalized spacial score (nSPS) is 9.97. The van der Waals surface area contributed by atoms with Crippen molar-refractivity contribution in [2.24, 2.45) is 0 Å². The van der Waals surface area contributed by atoms with Gasteiger partial charge in [0.1, 0.15) is 0 Å². The van der Waals surface area contributed by atoms with Crippen molar-refractivity contribution < 1.29 is 35.6 Å². The second-order valence-corrected chi connectivity index (χ2v) is 7.18. The minimum absolute atomic E-state index is 0. The summed E-state index contributed by atoms with van der Waals surface area (Å²) in [6.07, 6.45) is 0. The van der Waals surface area contributed by atoms with Crippen LogP contribution in [0.25, 0.3) is 38.1 Å². The van der Waals surface area contributed by atoms with Crippen LogP contribution in [0, 0.1) is 6.92 Å². The Bertz CT molecular complexity index is 1330. The predicted octanol–water partition coefficient (Wildman–Crippen LogP) is 1.38. The van der Waals surface area contributed by atoms with Crippen molar-refractivity contribution in [1.82, 2.24) is 4.57 Å². The van der Waals surface area contributed by atoms with E-state index < -0.39 is 0 Å². The van der Waals surface area contributed by atoms with Gasteiger partial charge in [-0.25, -0.2) is 0 Å². The summed E-state index contributed by atoms with van der Waals surface area (Å²) in [5.74, 6) is 0. The molecule has 4 heteroatoms. The van der Waals surface area contributed by atoms with E-state index in [1.807, 2.05) is 0 Å². The summed E-state index contributed by atoms with van der Waals surface area (Å²) in [5, 5.41) is 6.56. The van der Waals surface area contributed by atoms with Gasteiger partial charge >= 0.3 is 26.2 Å². The van der Waals surface area contributed by atoms with E-state index in [4.69, 9.17) is 0 Å². The van der Waals surface area contributed by atoms with Crippen LogP contribution in [0.4, 0.5) is 0 Å². The number of benzene rings is 3. The zero-order valence-corrected chi connectivity index (χ0v) is 19.6. The predicted molar refractivity (Wildman–Crippen MR) is 121 cm³/mol. The zero-order chi connectivity index (χ0) is 18.9. The van der Waals surface area contributed by atoms with Gasteiger partial charge in [-0.1, -0.05) is 30.3 Å². The third-order valence-corrected chi connectivity index (χ3v) is 5.30. The molecule has 0 aliphatic carbocycles. The molecular weight excluding hydrogens is 468 g/mol. The summed E-state index contributed by atoms with van der Waals surface area (Å²) in [7, 11) is 0. The topological polar surface area (TPSA) is 4.93 Å². The summed E-state index contributed by atoms with van der Waals surface area (Å²) in [4.78, 5) is 0. The van der Waals surface area contributed by atoms with E-state index in [0.717, 1.165) is 0 Å². The van der Waals surface area contributed by atoms with Crippen LogP contribution >= 0.6 is 0 Å². The molecule has 0 aliphatic heterocycles. The van der Waals surface area contributed by atoms with Gasteiger partial charge in [-0.2, -0.15) is 17.5 Å². The largest absolute Gasteiger partial charge is 4.00 e. The average Bonchev–Trinajstić information content (AvgIpc) is 3.43. The second kappa shape index (κ2) is 10.5. The molecule has 0 fully saturated rings. The molecule has 6 aromatic rings. The summed E-state index contributed by atoms with van der Waals surface area (Å²) in [6.45, 7) is 2.16. The van der Waals surface area contributed by atoms with Crippen LogP contribution in [-0.2, 0) is 26.2 Å². The molecular formula is C27H21F2NZr. The maximum absolute atomic E-state index is 2.33. The summed E-state index contributed by atoms with van der Waals surface area (Å²) in [6, 6.07) is 38.5. The smallest absolute Gasteiger partial charge is 1.00 e. The van der Waals surface area contributed by atoms with Gasteiger partial charge in [0.15, 0.2) is 0 Å². The molecule has 0 bridgehead atoms. The van der Waals surface area contributed by atoms with Crippen LogP contribution in [0.5, 0.6) is 0 Å². The fraction of sp³-hybridized carbons (Fsp3) is 0.0370. The first kappa shape index (κ1) is 24.4. The number of hydrogen-bond acceptors (Lipinski definition) is 0. The monoisotopic (exact) mass is 487 g/mol. The van der Waals surface area contributed by atoms with Crippen molar-refractivity contribution in [2.75, 3.05) is 0 Å². The summed E-state index contributed by atoms with van der Waals surface area (Å²) < 4.78 is 2.33. The van der Waals surface area contributed by atoms with Crippen molar-refractivity contribution in [1.29, 1.82) is 0 Å². The number of nitrogens with zero attached hydrogens (tertiary/aromatic N) is 1. The molecule has 0 spiro atoms. The first-order valence-corrected chi connectivity index (χ1v) is 9.63. The van der Waals surface area contributed by atoms with Crippen LogP contribution in [0.2, 0.25) is 0 Å². The first-order valence-electron chi connectivity index (χ1n) is 9.63. The van der Waals surface area contributed by atoms with E-state index in [-0.39, 0.29) is 35.6 Å². The number of halogens is 2. The molecule has 0 atom stereocenters. The number of hydrogen-bond donors (Lipinski definition) is 0. The van der Waals surface area contributed by atoms with Gasteiger partial charge in [-0.3, -0.25) is 0 Å². The molecule has 0 unspecified atom stereocenters. The molecule has 5 aromatic carbocycles. The Morgan fingerprint density at radius 3 is 1.97 bits per heavy atom. The molecule has 0 amide bonds. The van der Waals surface area contributed by atoms with E-state index in [1.165, 1.54) is 43.8 Å². The SMILES string of the molecule is Cc1cc2ccccc2n1-c1cc2ccccc2[cH-]1.[F-].[F-].[Zr+4].c1ccc2[cH-]ccc2c1. The van der Waals surface area contributed by atoms with Crippen LogP contribution in [-0.4, -0.2) is 4.57 Å². The Hall–Kier alpha value is -2.84. The molecule has 31 heavy (non-hydrogen) atoms. The number of aryl methyl sites for hydroxylation is 1. The standard InChI is InChI=1S/C18H14N.C9H7.2FH.Zr/c1-13-10-16-8-4-5-9-18(16)19(13)17-11-14-6-2-3-7-15(14)12-17;1-2-5-9-7-3-6-8(9)4-1;;;/h2-12H,1H3;1-7H;2*1H;/q2*-1;;;+4/p-2. The quantitative estimate of drug-likeness (QED) is 0.308. The Morgan fingerprint density at radius 1 is 0.645 bits per heavy atom. The van der Waals surface area contributed by atoms with Gasteiger partial charge in [0, 0.05) is 11.1 Å². The molecule has 1 aromatic heterocycles. The molecule has 152 valence electrons. The fourth-order valence-electron chi connectivity index (χ4n) is 3.97. The van der Waals surface area contributed by atoms with E-state index in [2.05, 4.69) is 121 Å². The van der Waals surface area contributed by atoms with Gasteiger partial charge < -0.3 is 14.0 Å². The molecule has 0 saturated heterocycles. The Labute approximate surface area is 199 Å². The van der Waals surface area contributed by atoms with Crippen LogP contribution in [0.15, 0.2) is 109 Å². The molecule has 6 rings (SSSR count). The minimum atomic E-state index is 0. The van der Waals surface area contributed by atoms with E-state index in [1.54, 1.807) is 0 Å². The number of aromatic nitrogens is 1.